The molecule has 0 saturated carbocycles. The number of primary amides is 1. The number of carbonyl (C=O) groups is 4. The minimum Gasteiger partial charge on any atom is -0.445 e. The average molecular weight is 479 g/mol. The lowest BCUT2D eigenvalue weighted by Gasteiger charge is -2.25. The third-order valence-electron chi connectivity index (χ3n) is 4.53. The largest absolute Gasteiger partial charge is 0.445 e. The summed E-state index contributed by atoms with van der Waals surface area (Å²) in [5, 5.41) is 7.76. The van der Waals surface area contributed by atoms with Crippen LogP contribution in [0.3, 0.4) is 0 Å². The van der Waals surface area contributed by atoms with Crippen molar-refractivity contribution in [2.75, 3.05) is 6.54 Å². The molecule has 4 amide bonds. The van der Waals surface area contributed by atoms with Crippen LogP contribution in [0.25, 0.3) is 0 Å². The predicted molar refractivity (Wildman–Crippen MR) is 128 cm³/mol. The molecule has 0 aromatic heterocycles. The van der Waals surface area contributed by atoms with Gasteiger partial charge in [-0.2, -0.15) is 0 Å². The van der Waals surface area contributed by atoms with Gasteiger partial charge in [-0.15, -0.1) is 0 Å². The Balaban J connectivity index is 2.63. The molecule has 0 radical (unpaired) electrons. The van der Waals surface area contributed by atoms with Gasteiger partial charge in [0, 0.05) is 6.54 Å². The molecule has 0 aliphatic heterocycles. The molecule has 0 bridgehead atoms. The van der Waals surface area contributed by atoms with Crippen molar-refractivity contribution >= 4 is 24.0 Å². The van der Waals surface area contributed by atoms with Gasteiger partial charge in [0.05, 0.1) is 0 Å². The normalized spacial score (nSPS) is 12.9. The first-order valence-electron chi connectivity index (χ1n) is 11.4. The highest BCUT2D eigenvalue weighted by molar-refractivity contribution is 5.90. The van der Waals surface area contributed by atoms with Gasteiger partial charge in [0.25, 0.3) is 0 Å². The van der Waals surface area contributed by atoms with Gasteiger partial charge in [-0.1, -0.05) is 44.2 Å². The number of hydrogen-bond donors (Lipinski definition) is 4. The van der Waals surface area contributed by atoms with Crippen molar-refractivity contribution in [1.82, 2.24) is 16.0 Å². The Morgan fingerprint density at radius 3 is 2.18 bits per heavy atom. The van der Waals surface area contributed by atoms with Crippen LogP contribution in [0.4, 0.5) is 9.59 Å². The van der Waals surface area contributed by atoms with E-state index in [2.05, 4.69) is 16.0 Å². The monoisotopic (exact) mass is 478 g/mol. The second-order valence-corrected chi connectivity index (χ2v) is 9.42. The molecule has 10 heteroatoms. The van der Waals surface area contributed by atoms with Crippen LogP contribution in [0, 0.1) is 5.92 Å². The van der Waals surface area contributed by atoms with Crippen LogP contribution in [-0.2, 0) is 25.7 Å². The number of carbonyl (C=O) groups excluding carboxylic acids is 4. The van der Waals surface area contributed by atoms with Crippen molar-refractivity contribution in [3.05, 3.63) is 35.9 Å². The number of rotatable bonds is 12. The highest BCUT2D eigenvalue weighted by Gasteiger charge is 2.27. The molecule has 0 heterocycles. The molecule has 190 valence electrons. The predicted octanol–water partition coefficient (Wildman–Crippen LogP) is 2.60. The van der Waals surface area contributed by atoms with Crippen molar-refractivity contribution in [2.24, 2.45) is 11.7 Å². The van der Waals surface area contributed by atoms with Crippen LogP contribution in [0.5, 0.6) is 0 Å². The van der Waals surface area contributed by atoms with Crippen LogP contribution in [0.15, 0.2) is 30.3 Å². The molecule has 1 rings (SSSR count). The minimum absolute atomic E-state index is 0.126. The van der Waals surface area contributed by atoms with Gasteiger partial charge in [0.1, 0.15) is 24.3 Å². The molecular weight excluding hydrogens is 440 g/mol. The molecule has 0 spiro atoms. The molecule has 5 N–H and O–H groups in total. The van der Waals surface area contributed by atoms with Crippen molar-refractivity contribution in [3.63, 3.8) is 0 Å². The number of ether oxygens (including phenoxy) is 2. The summed E-state index contributed by atoms with van der Waals surface area (Å²) >= 11 is 0. The summed E-state index contributed by atoms with van der Waals surface area (Å²) in [5.41, 5.74) is 5.53. The van der Waals surface area contributed by atoms with Gasteiger partial charge in [-0.3, -0.25) is 9.59 Å². The van der Waals surface area contributed by atoms with Gasteiger partial charge in [0.15, 0.2) is 0 Å². The van der Waals surface area contributed by atoms with E-state index in [0.717, 1.165) is 5.56 Å². The summed E-state index contributed by atoms with van der Waals surface area (Å²) in [4.78, 5) is 48.7. The van der Waals surface area contributed by atoms with Crippen LogP contribution < -0.4 is 21.7 Å². The van der Waals surface area contributed by atoms with Crippen LogP contribution in [0.1, 0.15) is 59.4 Å². The van der Waals surface area contributed by atoms with Crippen LogP contribution in [-0.4, -0.2) is 48.2 Å². The molecule has 0 aliphatic carbocycles. The van der Waals surface area contributed by atoms with E-state index in [1.165, 1.54) is 0 Å². The lowest BCUT2D eigenvalue weighted by atomic mass is 10.0. The third kappa shape index (κ3) is 12.7. The van der Waals surface area contributed by atoms with E-state index in [0.29, 0.717) is 12.8 Å². The molecule has 10 nitrogen and oxygen atoms in total. The van der Waals surface area contributed by atoms with E-state index in [-0.39, 0.29) is 25.5 Å². The first-order chi connectivity index (χ1) is 15.9. The molecule has 0 aliphatic rings. The van der Waals surface area contributed by atoms with Gasteiger partial charge in [-0.25, -0.2) is 9.59 Å². The zero-order valence-electron chi connectivity index (χ0n) is 20.7. The molecular formula is C24H38N4O6. The Kier molecular flexibility index (Phi) is 11.9. The number of amides is 4. The smallest absolute Gasteiger partial charge is 0.408 e. The third-order valence-corrected chi connectivity index (χ3v) is 4.53. The van der Waals surface area contributed by atoms with Gasteiger partial charge < -0.3 is 31.2 Å². The number of benzene rings is 1. The zero-order chi connectivity index (χ0) is 25.7. The Morgan fingerprint density at radius 1 is 0.971 bits per heavy atom. The molecule has 0 unspecified atom stereocenters. The highest BCUT2D eigenvalue weighted by atomic mass is 16.6. The quantitative estimate of drug-likeness (QED) is 0.339. The summed E-state index contributed by atoms with van der Waals surface area (Å²) in [6.45, 7) is 9.29. The topological polar surface area (TPSA) is 149 Å². The zero-order valence-corrected chi connectivity index (χ0v) is 20.7. The minimum atomic E-state index is -0.981. The first-order valence-corrected chi connectivity index (χ1v) is 11.4. The molecule has 0 saturated heterocycles. The fourth-order valence-corrected chi connectivity index (χ4v) is 2.98. The number of nitrogens with two attached hydrogens (primary N) is 1. The second kappa shape index (κ2) is 14.1. The van der Waals surface area contributed by atoms with Gasteiger partial charge in [0.2, 0.25) is 11.8 Å². The van der Waals surface area contributed by atoms with Crippen molar-refractivity contribution in [2.45, 2.75) is 78.2 Å². The fourth-order valence-electron chi connectivity index (χ4n) is 2.98. The second-order valence-electron chi connectivity index (χ2n) is 9.42. The van der Waals surface area contributed by atoms with Crippen molar-refractivity contribution in [3.8, 4) is 0 Å². The number of alkyl carbamates (subject to hydrolysis) is 2. The van der Waals surface area contributed by atoms with Gasteiger partial charge in [-0.05, 0) is 51.5 Å². The van der Waals surface area contributed by atoms with E-state index < -0.39 is 41.7 Å². The number of hydrogen-bond acceptors (Lipinski definition) is 6. The summed E-state index contributed by atoms with van der Waals surface area (Å²) < 4.78 is 10.4. The molecule has 34 heavy (non-hydrogen) atoms. The molecule has 0 fully saturated rings. The Hall–Kier alpha value is -3.30. The number of nitrogens with one attached hydrogen (secondary N) is 3. The van der Waals surface area contributed by atoms with E-state index >= 15 is 0 Å². The Labute approximate surface area is 201 Å². The summed E-state index contributed by atoms with van der Waals surface area (Å²) in [6, 6.07) is 7.42. The maximum absolute atomic E-state index is 12.8. The molecule has 1 aromatic rings. The van der Waals surface area contributed by atoms with Crippen LogP contribution in [0.2, 0.25) is 0 Å². The van der Waals surface area contributed by atoms with Crippen LogP contribution >= 0.6 is 0 Å². The SMILES string of the molecule is CC(C)C[C@@H](NC(=O)[C@@H](CCCNC(=O)OCc1ccccc1)NC(=O)OC(C)(C)C)C(N)=O. The molecule has 2 atom stereocenters. The van der Waals surface area contributed by atoms with Crippen molar-refractivity contribution < 1.29 is 28.7 Å². The lowest BCUT2D eigenvalue weighted by Crippen LogP contribution is -2.53. The van der Waals surface area contributed by atoms with E-state index in [1.807, 2.05) is 44.2 Å². The summed E-state index contributed by atoms with van der Waals surface area (Å²) in [5.74, 6) is -1.08. The lowest BCUT2D eigenvalue weighted by molar-refractivity contribution is -0.129. The highest BCUT2D eigenvalue weighted by Crippen LogP contribution is 2.09. The van der Waals surface area contributed by atoms with E-state index in [4.69, 9.17) is 15.2 Å². The maximum atomic E-state index is 12.8. The molecule has 1 aromatic carbocycles. The summed E-state index contributed by atoms with van der Waals surface area (Å²) in [7, 11) is 0. The maximum Gasteiger partial charge on any atom is 0.408 e. The average Bonchev–Trinajstić information content (AvgIpc) is 2.72. The van der Waals surface area contributed by atoms with Gasteiger partial charge >= 0.3 is 12.2 Å². The fraction of sp³-hybridized carbons (Fsp3) is 0.583. The Morgan fingerprint density at radius 2 is 1.62 bits per heavy atom. The van der Waals surface area contributed by atoms with E-state index in [9.17, 15) is 19.2 Å². The first kappa shape index (κ1) is 28.7. The standard InChI is InChI=1S/C24H38N4O6/c1-16(2)14-19(20(25)29)27-21(30)18(28-23(32)34-24(3,4)5)12-9-13-26-22(31)33-15-17-10-7-6-8-11-17/h6-8,10-11,16,18-19H,9,12-15H2,1-5H3,(H2,25,29)(H,26,31)(H,27,30)(H,28,32)/t18-,19-/m1/s1. The van der Waals surface area contributed by atoms with Crippen molar-refractivity contribution in [1.29, 1.82) is 0 Å². The summed E-state index contributed by atoms with van der Waals surface area (Å²) in [6.07, 6.45) is -0.426. The Bertz CT molecular complexity index is 807. The van der Waals surface area contributed by atoms with E-state index in [1.54, 1.807) is 20.8 Å².